The molecule has 0 radical (unpaired) electrons. The van der Waals surface area contributed by atoms with Crippen molar-refractivity contribution in [1.29, 1.82) is 0 Å². The number of aliphatic carboxylic acids is 1. The summed E-state index contributed by atoms with van der Waals surface area (Å²) in [6.45, 7) is 2.91. The molecular weight excluding hydrogens is 258 g/mol. The number of amides is 1. The van der Waals surface area contributed by atoms with Crippen LogP contribution in [-0.2, 0) is 9.53 Å². The fourth-order valence-electron chi connectivity index (χ4n) is 1.25. The van der Waals surface area contributed by atoms with Crippen LogP contribution in [-0.4, -0.2) is 30.3 Å². The number of hydrogen-bond acceptors (Lipinski definition) is 3. The lowest BCUT2D eigenvalue weighted by atomic mass is 10.3. The molecule has 1 amide bonds. The van der Waals surface area contributed by atoms with Gasteiger partial charge in [0.2, 0.25) is 0 Å². The number of rotatable bonds is 5. The molecule has 0 spiro atoms. The second kappa shape index (κ2) is 6.66. The number of carbonyl (C=O) groups excluding carboxylic acids is 1. The van der Waals surface area contributed by atoms with Gasteiger partial charge in [0.15, 0.2) is 0 Å². The van der Waals surface area contributed by atoms with Crippen molar-refractivity contribution in [2.45, 2.75) is 0 Å². The van der Waals surface area contributed by atoms with Gasteiger partial charge < -0.3 is 9.84 Å². The van der Waals surface area contributed by atoms with Crippen molar-refractivity contribution < 1.29 is 19.4 Å². The maximum Gasteiger partial charge on any atom is 0.415 e. The quantitative estimate of drug-likeness (QED) is 0.834. The first-order valence-corrected chi connectivity index (χ1v) is 5.45. The average Bonchev–Trinajstić information content (AvgIpc) is 2.32. The number of carbonyl (C=O) groups is 2. The van der Waals surface area contributed by atoms with Gasteiger partial charge in [-0.1, -0.05) is 30.3 Å². The van der Waals surface area contributed by atoms with E-state index < -0.39 is 18.6 Å². The second-order valence-corrected chi connectivity index (χ2v) is 3.76. The van der Waals surface area contributed by atoms with E-state index in [1.165, 1.54) is 12.1 Å². The number of ether oxygens (including phenoxy) is 1. The van der Waals surface area contributed by atoms with Crippen LogP contribution in [0.4, 0.5) is 10.5 Å². The summed E-state index contributed by atoms with van der Waals surface area (Å²) in [4.78, 5) is 23.4. The fraction of sp³-hybridized carbons (Fsp3) is 0.167. The molecule has 1 aromatic rings. The van der Waals surface area contributed by atoms with Gasteiger partial charge in [0.25, 0.3) is 0 Å². The Kier molecular flexibility index (Phi) is 5.20. The first-order valence-electron chi connectivity index (χ1n) is 5.07. The van der Waals surface area contributed by atoms with Crippen LogP contribution in [0, 0.1) is 0 Å². The molecule has 1 rings (SSSR count). The molecule has 0 fully saturated rings. The van der Waals surface area contributed by atoms with Crippen molar-refractivity contribution in [3.05, 3.63) is 41.9 Å². The summed E-state index contributed by atoms with van der Waals surface area (Å²) in [6, 6.07) is 6.30. The molecule has 0 atom stereocenters. The highest BCUT2D eigenvalue weighted by atomic mass is 35.5. The first kappa shape index (κ1) is 14.1. The molecule has 1 N–H and O–H groups in total. The van der Waals surface area contributed by atoms with Gasteiger partial charge in [-0.15, -0.1) is 0 Å². The summed E-state index contributed by atoms with van der Waals surface area (Å²) in [5, 5.41) is 9.19. The Labute approximate surface area is 109 Å². The predicted octanol–water partition coefficient (Wildman–Crippen LogP) is 2.55. The SMILES string of the molecule is C=CCOC(=O)N(CC(=O)O)c1cccc(Cl)c1. The molecule has 0 bridgehead atoms. The molecule has 0 heterocycles. The number of carboxylic acids is 1. The van der Waals surface area contributed by atoms with Crippen molar-refractivity contribution in [1.82, 2.24) is 0 Å². The van der Waals surface area contributed by atoms with Gasteiger partial charge in [0, 0.05) is 10.7 Å². The molecule has 0 saturated carbocycles. The van der Waals surface area contributed by atoms with Crippen LogP contribution >= 0.6 is 11.6 Å². The third-order valence-corrected chi connectivity index (χ3v) is 2.19. The largest absolute Gasteiger partial charge is 0.480 e. The minimum atomic E-state index is -1.15. The Morgan fingerprint density at radius 1 is 1.50 bits per heavy atom. The Bertz CT molecular complexity index is 461. The van der Waals surface area contributed by atoms with Crippen LogP contribution in [0.3, 0.4) is 0 Å². The highest BCUT2D eigenvalue weighted by Crippen LogP contribution is 2.20. The molecule has 0 aliphatic rings. The summed E-state index contributed by atoms with van der Waals surface area (Å²) < 4.78 is 4.81. The Hall–Kier alpha value is -2.01. The number of halogens is 1. The number of hydrogen-bond donors (Lipinski definition) is 1. The third kappa shape index (κ3) is 4.10. The molecule has 0 aromatic heterocycles. The third-order valence-electron chi connectivity index (χ3n) is 1.96. The van der Waals surface area contributed by atoms with E-state index in [9.17, 15) is 9.59 Å². The van der Waals surface area contributed by atoms with Gasteiger partial charge in [-0.3, -0.25) is 9.69 Å². The van der Waals surface area contributed by atoms with Gasteiger partial charge in [-0.05, 0) is 18.2 Å². The van der Waals surface area contributed by atoms with Crippen molar-refractivity contribution in [2.75, 3.05) is 18.1 Å². The van der Waals surface area contributed by atoms with Crippen molar-refractivity contribution in [2.24, 2.45) is 0 Å². The van der Waals surface area contributed by atoms with Crippen molar-refractivity contribution in [3.63, 3.8) is 0 Å². The fourth-order valence-corrected chi connectivity index (χ4v) is 1.43. The van der Waals surface area contributed by atoms with Crippen LogP contribution in [0.25, 0.3) is 0 Å². The molecule has 0 unspecified atom stereocenters. The number of nitrogens with zero attached hydrogens (tertiary/aromatic N) is 1. The van der Waals surface area contributed by atoms with Gasteiger partial charge in [0.05, 0.1) is 0 Å². The van der Waals surface area contributed by atoms with Crippen LogP contribution < -0.4 is 4.90 Å². The van der Waals surface area contributed by atoms with E-state index in [1.807, 2.05) is 0 Å². The van der Waals surface area contributed by atoms with E-state index in [1.54, 1.807) is 18.2 Å². The van der Waals surface area contributed by atoms with Gasteiger partial charge in [-0.2, -0.15) is 0 Å². The van der Waals surface area contributed by atoms with E-state index >= 15 is 0 Å². The highest BCUT2D eigenvalue weighted by molar-refractivity contribution is 6.30. The lowest BCUT2D eigenvalue weighted by Crippen LogP contribution is -2.36. The second-order valence-electron chi connectivity index (χ2n) is 3.33. The van der Waals surface area contributed by atoms with Crippen LogP contribution in [0.1, 0.15) is 0 Å². The van der Waals surface area contributed by atoms with Gasteiger partial charge in [0.1, 0.15) is 13.2 Å². The zero-order valence-corrected chi connectivity index (χ0v) is 10.3. The maximum absolute atomic E-state index is 11.7. The van der Waals surface area contributed by atoms with E-state index in [4.69, 9.17) is 21.4 Å². The zero-order chi connectivity index (χ0) is 13.5. The molecule has 0 aliphatic heterocycles. The summed E-state index contributed by atoms with van der Waals surface area (Å²) in [6.07, 6.45) is 0.633. The summed E-state index contributed by atoms with van der Waals surface area (Å²) in [5.74, 6) is -1.15. The number of carboxylic acid groups (broad SMARTS) is 1. The van der Waals surface area contributed by atoms with E-state index in [-0.39, 0.29) is 6.61 Å². The Balaban J connectivity index is 2.93. The predicted molar refractivity (Wildman–Crippen MR) is 68.0 cm³/mol. The molecule has 0 saturated heterocycles. The first-order chi connectivity index (χ1) is 8.54. The number of anilines is 1. The minimum absolute atomic E-state index is 0.00944. The minimum Gasteiger partial charge on any atom is -0.480 e. The normalized spacial score (nSPS) is 9.61. The molecule has 0 aliphatic carbocycles. The molecular formula is C12H12ClNO4. The summed E-state index contributed by atoms with van der Waals surface area (Å²) >= 11 is 5.79. The zero-order valence-electron chi connectivity index (χ0n) is 9.51. The average molecular weight is 270 g/mol. The lowest BCUT2D eigenvalue weighted by molar-refractivity contribution is -0.135. The lowest BCUT2D eigenvalue weighted by Gasteiger charge is -2.20. The van der Waals surface area contributed by atoms with Crippen LogP contribution in [0.5, 0.6) is 0 Å². The Morgan fingerprint density at radius 2 is 2.22 bits per heavy atom. The molecule has 5 nitrogen and oxygen atoms in total. The van der Waals surface area contributed by atoms with Crippen molar-refractivity contribution >= 4 is 29.4 Å². The summed E-state index contributed by atoms with van der Waals surface area (Å²) in [7, 11) is 0. The van der Waals surface area contributed by atoms with Gasteiger partial charge in [-0.25, -0.2) is 4.79 Å². The molecule has 6 heteroatoms. The highest BCUT2D eigenvalue weighted by Gasteiger charge is 2.20. The molecule has 96 valence electrons. The number of benzene rings is 1. The van der Waals surface area contributed by atoms with Crippen LogP contribution in [0.15, 0.2) is 36.9 Å². The van der Waals surface area contributed by atoms with Crippen LogP contribution in [0.2, 0.25) is 5.02 Å². The smallest absolute Gasteiger partial charge is 0.415 e. The van der Waals surface area contributed by atoms with Gasteiger partial charge >= 0.3 is 12.1 Å². The topological polar surface area (TPSA) is 66.8 Å². The molecule has 18 heavy (non-hydrogen) atoms. The maximum atomic E-state index is 11.7. The standard InChI is InChI=1S/C12H12ClNO4/c1-2-6-18-12(17)14(8-11(15)16)10-5-3-4-9(13)7-10/h2-5,7H,1,6,8H2,(H,15,16). The van der Waals surface area contributed by atoms with Crippen molar-refractivity contribution in [3.8, 4) is 0 Å². The summed E-state index contributed by atoms with van der Waals surface area (Å²) in [5.41, 5.74) is 0.360. The van der Waals surface area contributed by atoms with E-state index in [2.05, 4.69) is 6.58 Å². The Morgan fingerprint density at radius 3 is 2.78 bits per heavy atom. The molecule has 1 aromatic carbocycles. The monoisotopic (exact) mass is 269 g/mol. The van der Waals surface area contributed by atoms with E-state index in [0.29, 0.717) is 10.7 Å². The van der Waals surface area contributed by atoms with E-state index in [0.717, 1.165) is 4.90 Å².